The number of halogens is 6. The summed E-state index contributed by atoms with van der Waals surface area (Å²) in [6, 6.07) is 19.9. The average molecular weight is 875 g/mol. The van der Waals surface area contributed by atoms with Gasteiger partial charge < -0.3 is 40.3 Å². The molecular weight excluding hydrogens is 827 g/mol. The number of hydrogen-bond donors (Lipinski definition) is 5. The molecule has 1 fully saturated rings. The lowest BCUT2D eigenvalue weighted by atomic mass is 10.00. The number of fused-ring (bicyclic) bond motifs is 2. The van der Waals surface area contributed by atoms with E-state index < -0.39 is 37.0 Å². The molecule has 1 aliphatic rings. The van der Waals surface area contributed by atoms with Crippen LogP contribution in [0.5, 0.6) is 0 Å². The molecular formula is C42H48F6N8O6. The number of aromatic nitrogens is 4. The first kappa shape index (κ1) is 46.7. The molecule has 62 heavy (non-hydrogen) atoms. The van der Waals surface area contributed by atoms with Crippen molar-refractivity contribution in [2.24, 2.45) is 5.92 Å². The van der Waals surface area contributed by atoms with Gasteiger partial charge in [0.25, 0.3) is 0 Å². The van der Waals surface area contributed by atoms with E-state index in [2.05, 4.69) is 79.2 Å². The summed E-state index contributed by atoms with van der Waals surface area (Å²) < 4.78 is 74.2. The maximum absolute atomic E-state index is 13.6. The molecule has 1 saturated heterocycles. The van der Waals surface area contributed by atoms with Crippen LogP contribution < -0.4 is 16.0 Å². The lowest BCUT2D eigenvalue weighted by molar-refractivity contribution is -0.232. The SMILES string of the molecule is COC(=O)NCC(=O)NCCCCc1nc2ccc(-c3ccc(-c4ccc5nc(C6CCCN6C(=O)C(NC(=O)OC)C(C)C)[nH]c5c4)cc3)cc2[nH]1.FC(F)(F)CC(F)(F)F. The molecule has 334 valence electrons. The number of carbonyl (C=O) groups excluding carboxylic acids is 4. The molecule has 5 N–H and O–H groups in total. The quantitative estimate of drug-likeness (QED) is 0.0581. The molecule has 2 aromatic heterocycles. The standard InChI is InChI=1S/C39H46N8O6.C3H2F6/c1-23(2)35(46-39(51)53-4)37(49)47-19-7-8-32(47)36-44-29-17-15-27(21-31(29)45-36)25-12-10-24(11-13-25)26-14-16-28-30(20-26)43-33(42-28)9-5-6-18-40-34(48)22-41-38(50)52-3;4-2(5,6)1-3(7,8)9/h10-17,20-21,23,32,35H,5-9,18-19,22H2,1-4H3,(H,40,48)(H,41,50)(H,42,43)(H,44,45)(H,46,51);1H2. The summed E-state index contributed by atoms with van der Waals surface area (Å²) in [5.41, 5.74) is 7.87. The van der Waals surface area contributed by atoms with E-state index in [-0.39, 0.29) is 30.3 Å². The zero-order chi connectivity index (χ0) is 45.2. The van der Waals surface area contributed by atoms with Gasteiger partial charge >= 0.3 is 24.5 Å². The van der Waals surface area contributed by atoms with Gasteiger partial charge in [-0.05, 0) is 78.1 Å². The van der Waals surface area contributed by atoms with Gasteiger partial charge in [-0.2, -0.15) is 26.3 Å². The van der Waals surface area contributed by atoms with Crippen molar-refractivity contribution in [2.45, 2.75) is 76.8 Å². The Morgan fingerprint density at radius 2 is 1.34 bits per heavy atom. The van der Waals surface area contributed by atoms with Gasteiger partial charge in [0, 0.05) is 19.5 Å². The molecule has 0 radical (unpaired) electrons. The molecule has 2 atom stereocenters. The molecule has 4 amide bonds. The number of ether oxygens (including phenoxy) is 2. The van der Waals surface area contributed by atoms with Crippen LogP contribution in [0, 0.1) is 5.92 Å². The van der Waals surface area contributed by atoms with E-state index in [0.717, 1.165) is 88.1 Å². The van der Waals surface area contributed by atoms with Gasteiger partial charge in [0.05, 0.1) is 48.9 Å². The van der Waals surface area contributed by atoms with Crippen molar-refractivity contribution in [3.63, 3.8) is 0 Å². The van der Waals surface area contributed by atoms with Crippen LogP contribution in [0.4, 0.5) is 35.9 Å². The number of rotatable bonds is 13. The first-order chi connectivity index (χ1) is 29.3. The second kappa shape index (κ2) is 20.5. The number of alkyl carbamates (subject to hydrolysis) is 2. The van der Waals surface area contributed by atoms with E-state index in [1.807, 2.05) is 30.9 Å². The Bertz CT molecular complexity index is 2310. The number of benzene rings is 3. The Labute approximate surface area is 352 Å². The number of aryl methyl sites for hydroxylation is 1. The molecule has 5 aromatic rings. The number of nitrogens with zero attached hydrogens (tertiary/aromatic N) is 3. The van der Waals surface area contributed by atoms with Gasteiger partial charge in [-0.1, -0.05) is 50.2 Å². The second-order valence-corrected chi connectivity index (χ2v) is 15.0. The number of hydrogen-bond acceptors (Lipinski definition) is 8. The number of methoxy groups -OCH3 is 2. The minimum Gasteiger partial charge on any atom is -0.453 e. The topological polar surface area (TPSA) is 183 Å². The Kier molecular flexibility index (Phi) is 15.4. The van der Waals surface area contributed by atoms with E-state index >= 15 is 0 Å². The molecule has 20 heteroatoms. The Morgan fingerprint density at radius 3 is 1.89 bits per heavy atom. The summed E-state index contributed by atoms with van der Waals surface area (Å²) in [5, 5.41) is 7.84. The van der Waals surface area contributed by atoms with Crippen LogP contribution >= 0.6 is 0 Å². The lowest BCUT2D eigenvalue weighted by Crippen LogP contribution is -2.51. The van der Waals surface area contributed by atoms with E-state index in [9.17, 15) is 45.5 Å². The number of aromatic amines is 2. The highest BCUT2D eigenvalue weighted by Gasteiger charge is 2.43. The van der Waals surface area contributed by atoms with Gasteiger partial charge in [-0.3, -0.25) is 9.59 Å². The third-order valence-corrected chi connectivity index (χ3v) is 9.97. The largest absolute Gasteiger partial charge is 0.453 e. The fourth-order valence-electron chi connectivity index (χ4n) is 6.93. The first-order valence-electron chi connectivity index (χ1n) is 19.8. The van der Waals surface area contributed by atoms with E-state index in [0.29, 0.717) is 13.1 Å². The Morgan fingerprint density at radius 1 is 0.774 bits per heavy atom. The van der Waals surface area contributed by atoms with Crippen molar-refractivity contribution >= 4 is 46.1 Å². The Balaban J connectivity index is 0.000000725. The number of alkyl halides is 6. The molecule has 3 aromatic carbocycles. The van der Waals surface area contributed by atoms with Crippen molar-refractivity contribution in [3.05, 3.63) is 72.3 Å². The minimum absolute atomic E-state index is 0.102. The predicted molar refractivity (Wildman–Crippen MR) is 218 cm³/mol. The lowest BCUT2D eigenvalue weighted by Gasteiger charge is -2.29. The van der Waals surface area contributed by atoms with Crippen LogP contribution in [0.25, 0.3) is 44.3 Å². The van der Waals surface area contributed by atoms with Crippen LogP contribution in [0.2, 0.25) is 0 Å². The summed E-state index contributed by atoms with van der Waals surface area (Å²) in [7, 11) is 2.54. The molecule has 0 bridgehead atoms. The monoisotopic (exact) mass is 874 g/mol. The van der Waals surface area contributed by atoms with Gasteiger partial charge in [0.2, 0.25) is 11.8 Å². The fourth-order valence-corrected chi connectivity index (χ4v) is 6.93. The number of nitrogens with one attached hydrogen (secondary N) is 5. The summed E-state index contributed by atoms with van der Waals surface area (Å²) in [4.78, 5) is 66.7. The van der Waals surface area contributed by atoms with Crippen LogP contribution in [0.15, 0.2) is 60.7 Å². The zero-order valence-corrected chi connectivity index (χ0v) is 34.4. The molecule has 0 aliphatic carbocycles. The maximum Gasteiger partial charge on any atom is 0.407 e. The van der Waals surface area contributed by atoms with Gasteiger partial charge in [-0.15, -0.1) is 0 Å². The normalized spacial score (nSPS) is 14.6. The van der Waals surface area contributed by atoms with Crippen LogP contribution in [-0.4, -0.2) is 101 Å². The van der Waals surface area contributed by atoms with Crippen LogP contribution in [0.1, 0.15) is 63.6 Å². The van der Waals surface area contributed by atoms with E-state index in [4.69, 9.17) is 14.7 Å². The molecule has 3 heterocycles. The third-order valence-electron chi connectivity index (χ3n) is 9.97. The van der Waals surface area contributed by atoms with Gasteiger partial charge in [-0.25, -0.2) is 19.6 Å². The smallest absolute Gasteiger partial charge is 0.407 e. The average Bonchev–Trinajstić information content (AvgIpc) is 3.98. The van der Waals surface area contributed by atoms with E-state index in [1.165, 1.54) is 14.2 Å². The number of unbranched alkanes of at least 4 members (excludes halogenated alkanes) is 1. The summed E-state index contributed by atoms with van der Waals surface area (Å²) in [5.74, 6) is 1.14. The molecule has 14 nitrogen and oxygen atoms in total. The summed E-state index contributed by atoms with van der Waals surface area (Å²) >= 11 is 0. The molecule has 0 spiro atoms. The zero-order valence-electron chi connectivity index (χ0n) is 34.4. The number of H-pyrrole nitrogens is 2. The van der Waals surface area contributed by atoms with Crippen molar-refractivity contribution in [3.8, 4) is 22.3 Å². The highest BCUT2D eigenvalue weighted by Crippen LogP contribution is 2.35. The van der Waals surface area contributed by atoms with Crippen molar-refractivity contribution in [2.75, 3.05) is 33.9 Å². The number of imidazole rings is 2. The molecule has 6 rings (SSSR count). The van der Waals surface area contributed by atoms with Gasteiger partial charge in [0.1, 0.15) is 24.1 Å². The van der Waals surface area contributed by atoms with E-state index in [1.54, 1.807) is 0 Å². The number of amides is 4. The maximum atomic E-state index is 13.6. The fraction of sp³-hybridized carbons (Fsp3) is 0.429. The summed E-state index contributed by atoms with van der Waals surface area (Å²) in [6.45, 7) is 4.80. The third kappa shape index (κ3) is 13.1. The highest BCUT2D eigenvalue weighted by molar-refractivity contribution is 5.87. The second-order valence-electron chi connectivity index (χ2n) is 15.0. The van der Waals surface area contributed by atoms with Crippen molar-refractivity contribution < 1.29 is 55.0 Å². The molecule has 2 unspecified atom stereocenters. The predicted octanol–water partition coefficient (Wildman–Crippen LogP) is 8.11. The number of carbonyl (C=O) groups is 4. The molecule has 0 saturated carbocycles. The minimum atomic E-state index is -5.14. The first-order valence-corrected chi connectivity index (χ1v) is 19.8. The molecule has 1 aliphatic heterocycles. The number of likely N-dealkylation sites (tertiary alicyclic amines) is 1. The van der Waals surface area contributed by atoms with Gasteiger partial charge in [0.15, 0.2) is 0 Å². The van der Waals surface area contributed by atoms with Crippen molar-refractivity contribution in [1.29, 1.82) is 0 Å². The highest BCUT2D eigenvalue weighted by atomic mass is 19.4. The Hall–Kier alpha value is -6.34. The van der Waals surface area contributed by atoms with Crippen molar-refractivity contribution in [1.82, 2.24) is 40.8 Å². The van der Waals surface area contributed by atoms with Crippen LogP contribution in [-0.2, 0) is 25.5 Å². The van der Waals surface area contributed by atoms with Crippen LogP contribution in [0.3, 0.4) is 0 Å². The summed E-state index contributed by atoms with van der Waals surface area (Å²) in [6.07, 6.45) is -10.2.